The van der Waals surface area contributed by atoms with E-state index in [2.05, 4.69) is 5.32 Å². The lowest BCUT2D eigenvalue weighted by Crippen LogP contribution is -2.21. The molecule has 0 atom stereocenters. The highest BCUT2D eigenvalue weighted by molar-refractivity contribution is 6.32. The second-order valence-corrected chi connectivity index (χ2v) is 5.78. The van der Waals surface area contributed by atoms with Crippen LogP contribution in [0.3, 0.4) is 0 Å². The van der Waals surface area contributed by atoms with Crippen LogP contribution >= 0.6 is 11.6 Å². The number of benzene rings is 1. The summed E-state index contributed by atoms with van der Waals surface area (Å²) < 4.78 is 10.7. The van der Waals surface area contributed by atoms with Gasteiger partial charge in [-0.2, -0.15) is 0 Å². The van der Waals surface area contributed by atoms with Crippen molar-refractivity contribution in [3.8, 4) is 11.5 Å². The van der Waals surface area contributed by atoms with Crippen LogP contribution in [0.4, 0.5) is 5.69 Å². The molecule has 3 nitrogen and oxygen atoms in total. The Morgan fingerprint density at radius 1 is 0.950 bits per heavy atom. The van der Waals surface area contributed by atoms with Crippen molar-refractivity contribution in [2.45, 2.75) is 51.0 Å². The molecule has 4 heteroatoms. The van der Waals surface area contributed by atoms with Gasteiger partial charge < -0.3 is 14.8 Å². The van der Waals surface area contributed by atoms with Gasteiger partial charge >= 0.3 is 0 Å². The fourth-order valence-electron chi connectivity index (χ4n) is 2.79. The average Bonchev–Trinajstić information content (AvgIpc) is 2.42. The van der Waals surface area contributed by atoms with Crippen LogP contribution in [-0.4, -0.2) is 20.3 Å². The zero-order valence-electron chi connectivity index (χ0n) is 12.4. The normalized spacial score (nSPS) is 17.1. The summed E-state index contributed by atoms with van der Waals surface area (Å²) in [6.07, 6.45) is 9.09. The molecule has 0 heterocycles. The van der Waals surface area contributed by atoms with Crippen molar-refractivity contribution in [3.63, 3.8) is 0 Å². The highest BCUT2D eigenvalue weighted by Crippen LogP contribution is 2.37. The Morgan fingerprint density at radius 3 is 2.15 bits per heavy atom. The molecule has 0 saturated heterocycles. The SMILES string of the molecule is COc1cc(OC)c(NC2CCCCCCC2)cc1Cl. The lowest BCUT2D eigenvalue weighted by Gasteiger charge is -2.23. The van der Waals surface area contributed by atoms with Gasteiger partial charge in [0.1, 0.15) is 11.5 Å². The minimum Gasteiger partial charge on any atom is -0.495 e. The molecule has 2 rings (SSSR count). The first-order valence-corrected chi connectivity index (χ1v) is 7.80. The van der Waals surface area contributed by atoms with E-state index in [1.807, 2.05) is 12.1 Å². The Balaban J connectivity index is 2.12. The topological polar surface area (TPSA) is 30.5 Å². The Hall–Kier alpha value is -1.09. The highest BCUT2D eigenvalue weighted by Gasteiger charge is 2.15. The molecule has 0 amide bonds. The number of hydrogen-bond acceptors (Lipinski definition) is 3. The van der Waals surface area contributed by atoms with Gasteiger partial charge in [-0.05, 0) is 18.9 Å². The number of methoxy groups -OCH3 is 2. The van der Waals surface area contributed by atoms with Gasteiger partial charge in [0.25, 0.3) is 0 Å². The maximum absolute atomic E-state index is 6.21. The fourth-order valence-corrected chi connectivity index (χ4v) is 3.03. The molecule has 112 valence electrons. The first kappa shape index (κ1) is 15.3. The molecule has 1 aliphatic rings. The molecule has 0 spiro atoms. The summed E-state index contributed by atoms with van der Waals surface area (Å²) in [5, 5.41) is 4.21. The third kappa shape index (κ3) is 3.95. The third-order valence-corrected chi connectivity index (χ3v) is 4.23. The van der Waals surface area contributed by atoms with Gasteiger partial charge in [-0.3, -0.25) is 0 Å². The molecule has 0 aliphatic heterocycles. The van der Waals surface area contributed by atoms with Crippen molar-refractivity contribution < 1.29 is 9.47 Å². The van der Waals surface area contributed by atoms with Crippen LogP contribution in [0.2, 0.25) is 5.02 Å². The predicted molar refractivity (Wildman–Crippen MR) is 84.3 cm³/mol. The number of halogens is 1. The third-order valence-electron chi connectivity index (χ3n) is 3.94. The first-order valence-electron chi connectivity index (χ1n) is 7.42. The molecule has 1 N–H and O–H groups in total. The van der Waals surface area contributed by atoms with E-state index in [9.17, 15) is 0 Å². The summed E-state index contributed by atoms with van der Waals surface area (Å²) in [5.74, 6) is 1.43. The lowest BCUT2D eigenvalue weighted by atomic mass is 9.96. The van der Waals surface area contributed by atoms with Crippen LogP contribution < -0.4 is 14.8 Å². The zero-order chi connectivity index (χ0) is 14.4. The number of hydrogen-bond donors (Lipinski definition) is 1. The molecule has 0 radical (unpaired) electrons. The van der Waals surface area contributed by atoms with Crippen LogP contribution in [0.1, 0.15) is 44.9 Å². The number of anilines is 1. The summed E-state index contributed by atoms with van der Waals surface area (Å²) in [5.41, 5.74) is 0.962. The van der Waals surface area contributed by atoms with Crippen molar-refractivity contribution in [2.24, 2.45) is 0 Å². The van der Waals surface area contributed by atoms with E-state index in [-0.39, 0.29) is 0 Å². The van der Waals surface area contributed by atoms with Crippen molar-refractivity contribution in [1.29, 1.82) is 0 Å². The van der Waals surface area contributed by atoms with Crippen molar-refractivity contribution in [3.05, 3.63) is 17.2 Å². The van der Waals surface area contributed by atoms with Crippen LogP contribution in [-0.2, 0) is 0 Å². The molecule has 1 saturated carbocycles. The van der Waals surface area contributed by atoms with Gasteiger partial charge in [-0.1, -0.05) is 43.7 Å². The highest BCUT2D eigenvalue weighted by atomic mass is 35.5. The maximum atomic E-state index is 6.21. The quantitative estimate of drug-likeness (QED) is 0.859. The van der Waals surface area contributed by atoms with Crippen molar-refractivity contribution >= 4 is 17.3 Å². The monoisotopic (exact) mass is 297 g/mol. The number of rotatable bonds is 4. The van der Waals surface area contributed by atoms with E-state index in [1.54, 1.807) is 14.2 Å². The molecule has 1 fully saturated rings. The van der Waals surface area contributed by atoms with Crippen molar-refractivity contribution in [2.75, 3.05) is 19.5 Å². The zero-order valence-corrected chi connectivity index (χ0v) is 13.1. The largest absolute Gasteiger partial charge is 0.495 e. The van der Waals surface area contributed by atoms with Crippen LogP contribution in [0.15, 0.2) is 12.1 Å². The van der Waals surface area contributed by atoms with E-state index in [1.165, 1.54) is 44.9 Å². The van der Waals surface area contributed by atoms with E-state index in [0.29, 0.717) is 16.8 Å². The lowest BCUT2D eigenvalue weighted by molar-refractivity contribution is 0.394. The number of ether oxygens (including phenoxy) is 2. The van der Waals surface area contributed by atoms with Gasteiger partial charge in [0.05, 0.1) is 24.9 Å². The molecule has 1 aromatic carbocycles. The standard InChI is InChI=1S/C16H24ClNO2/c1-19-15-11-16(20-2)14(10-13(15)17)18-12-8-6-4-3-5-7-9-12/h10-12,18H,3-9H2,1-2H3. The summed E-state index contributed by atoms with van der Waals surface area (Å²) >= 11 is 6.21. The van der Waals surface area contributed by atoms with E-state index in [4.69, 9.17) is 21.1 Å². The molecular formula is C16H24ClNO2. The van der Waals surface area contributed by atoms with Gasteiger partial charge in [-0.25, -0.2) is 0 Å². The second-order valence-electron chi connectivity index (χ2n) is 5.37. The summed E-state index contributed by atoms with van der Waals surface area (Å²) in [7, 11) is 3.29. The first-order chi connectivity index (χ1) is 9.74. The van der Waals surface area contributed by atoms with Crippen LogP contribution in [0, 0.1) is 0 Å². The predicted octanol–water partition coefficient (Wildman–Crippen LogP) is 4.88. The molecule has 0 bridgehead atoms. The second kappa shape index (κ2) is 7.63. The van der Waals surface area contributed by atoms with Crippen LogP contribution in [0.25, 0.3) is 0 Å². The van der Waals surface area contributed by atoms with Gasteiger partial charge in [0.15, 0.2) is 0 Å². The van der Waals surface area contributed by atoms with Gasteiger partial charge in [0.2, 0.25) is 0 Å². The number of nitrogens with one attached hydrogen (secondary N) is 1. The summed E-state index contributed by atoms with van der Waals surface area (Å²) in [4.78, 5) is 0. The van der Waals surface area contributed by atoms with Gasteiger partial charge in [0, 0.05) is 12.1 Å². The maximum Gasteiger partial charge on any atom is 0.145 e. The molecule has 1 aromatic rings. The molecule has 0 aromatic heterocycles. The van der Waals surface area contributed by atoms with E-state index in [0.717, 1.165) is 11.4 Å². The fraction of sp³-hybridized carbons (Fsp3) is 0.625. The molecular weight excluding hydrogens is 274 g/mol. The summed E-state index contributed by atoms with van der Waals surface area (Å²) in [6, 6.07) is 4.25. The Kier molecular flexibility index (Phi) is 5.84. The summed E-state index contributed by atoms with van der Waals surface area (Å²) in [6.45, 7) is 0. The molecule has 20 heavy (non-hydrogen) atoms. The van der Waals surface area contributed by atoms with Gasteiger partial charge in [-0.15, -0.1) is 0 Å². The van der Waals surface area contributed by atoms with E-state index < -0.39 is 0 Å². The minimum atomic E-state index is 0.508. The van der Waals surface area contributed by atoms with Crippen molar-refractivity contribution in [1.82, 2.24) is 0 Å². The minimum absolute atomic E-state index is 0.508. The van der Waals surface area contributed by atoms with E-state index >= 15 is 0 Å². The average molecular weight is 298 g/mol. The molecule has 0 unspecified atom stereocenters. The smallest absolute Gasteiger partial charge is 0.145 e. The Morgan fingerprint density at radius 2 is 1.55 bits per heavy atom. The molecule has 1 aliphatic carbocycles. The Bertz CT molecular complexity index is 429. The Labute approximate surface area is 126 Å². The van der Waals surface area contributed by atoms with Crippen LogP contribution in [0.5, 0.6) is 11.5 Å².